The van der Waals surface area contributed by atoms with Crippen LogP contribution in [-0.4, -0.2) is 56.1 Å². The lowest BCUT2D eigenvalue weighted by molar-refractivity contribution is -0.138. The molecule has 0 saturated carbocycles. The molecular formula is C22H23ClN2O5S. The minimum Gasteiger partial charge on any atom is -0.465 e. The third kappa shape index (κ3) is 4.91. The number of carbonyl (C=O) groups is 2. The molecule has 9 heteroatoms. The van der Waals surface area contributed by atoms with E-state index in [0.29, 0.717) is 44.5 Å². The van der Waals surface area contributed by atoms with Gasteiger partial charge in [-0.15, -0.1) is 0 Å². The number of hydrogen-bond donors (Lipinski definition) is 0. The number of aromatic nitrogens is 1. The first-order valence-electron chi connectivity index (χ1n) is 10.1. The summed E-state index contributed by atoms with van der Waals surface area (Å²) >= 11 is 5.88. The summed E-state index contributed by atoms with van der Waals surface area (Å²) < 4.78 is 29.2. The van der Waals surface area contributed by atoms with Crippen molar-refractivity contribution in [1.29, 1.82) is 0 Å². The zero-order valence-electron chi connectivity index (χ0n) is 17.1. The zero-order chi connectivity index (χ0) is 22.2. The lowest BCUT2D eigenvalue weighted by atomic mass is 9.89. The number of amides is 1. The average Bonchev–Trinajstić information content (AvgIpc) is 3.10. The van der Waals surface area contributed by atoms with Gasteiger partial charge in [0.05, 0.1) is 17.9 Å². The maximum atomic E-state index is 12.4. The molecule has 4 rings (SSSR count). The predicted octanol–water partition coefficient (Wildman–Crippen LogP) is 3.07. The molecule has 7 nitrogen and oxygen atoms in total. The van der Waals surface area contributed by atoms with E-state index in [4.69, 9.17) is 16.3 Å². The number of benzene rings is 1. The number of rotatable bonds is 6. The molecule has 0 N–H and O–H groups in total. The van der Waals surface area contributed by atoms with E-state index in [1.165, 1.54) is 12.3 Å². The zero-order valence-corrected chi connectivity index (χ0v) is 18.7. The number of sulfone groups is 1. The van der Waals surface area contributed by atoms with Gasteiger partial charge in [-0.05, 0) is 23.6 Å². The molecule has 3 heterocycles. The Labute approximate surface area is 186 Å². The Hall–Kier alpha value is -2.45. The summed E-state index contributed by atoms with van der Waals surface area (Å²) in [4.78, 5) is 29.5. The third-order valence-electron chi connectivity index (χ3n) is 5.86. The van der Waals surface area contributed by atoms with Crippen molar-refractivity contribution in [2.45, 2.75) is 30.1 Å². The lowest BCUT2D eigenvalue weighted by Crippen LogP contribution is -2.48. The van der Waals surface area contributed by atoms with E-state index in [9.17, 15) is 18.0 Å². The van der Waals surface area contributed by atoms with Crippen LogP contribution in [0.3, 0.4) is 0 Å². The van der Waals surface area contributed by atoms with E-state index in [1.807, 2.05) is 29.2 Å². The highest BCUT2D eigenvalue weighted by Gasteiger charge is 2.32. The SMILES string of the molecule is CS(=O)(=O)c1cc(Cl)ncc1-c1ccc(C2CN(C(=O)CC[C@@H]3COC(=O)C3)C2)cc1. The molecule has 2 aromatic rings. The summed E-state index contributed by atoms with van der Waals surface area (Å²) in [5.41, 5.74) is 2.36. The van der Waals surface area contributed by atoms with Gasteiger partial charge < -0.3 is 9.64 Å². The molecule has 164 valence electrons. The number of pyridine rings is 1. The number of halogens is 1. The van der Waals surface area contributed by atoms with Gasteiger partial charge in [-0.3, -0.25) is 9.59 Å². The monoisotopic (exact) mass is 462 g/mol. The Balaban J connectivity index is 1.36. The summed E-state index contributed by atoms with van der Waals surface area (Å²) in [7, 11) is -3.45. The molecule has 2 aliphatic heterocycles. The van der Waals surface area contributed by atoms with Crippen LogP contribution in [0.5, 0.6) is 0 Å². The van der Waals surface area contributed by atoms with Crippen molar-refractivity contribution in [3.63, 3.8) is 0 Å². The lowest BCUT2D eigenvalue weighted by Gasteiger charge is -2.40. The van der Waals surface area contributed by atoms with Gasteiger partial charge in [-0.1, -0.05) is 35.9 Å². The van der Waals surface area contributed by atoms with Gasteiger partial charge >= 0.3 is 5.97 Å². The van der Waals surface area contributed by atoms with Crippen LogP contribution >= 0.6 is 11.6 Å². The molecule has 0 radical (unpaired) electrons. The molecule has 0 bridgehead atoms. The van der Waals surface area contributed by atoms with Crippen molar-refractivity contribution in [1.82, 2.24) is 9.88 Å². The van der Waals surface area contributed by atoms with Crippen molar-refractivity contribution in [3.05, 3.63) is 47.2 Å². The number of hydrogen-bond acceptors (Lipinski definition) is 6. The van der Waals surface area contributed by atoms with Gasteiger partial charge in [0.1, 0.15) is 5.15 Å². The van der Waals surface area contributed by atoms with E-state index >= 15 is 0 Å². The van der Waals surface area contributed by atoms with Crippen molar-refractivity contribution < 1.29 is 22.7 Å². The molecule has 2 saturated heterocycles. The fourth-order valence-corrected chi connectivity index (χ4v) is 5.12. The Morgan fingerprint density at radius 3 is 2.58 bits per heavy atom. The minimum absolute atomic E-state index is 0.109. The minimum atomic E-state index is -3.45. The molecular weight excluding hydrogens is 440 g/mol. The second-order valence-corrected chi connectivity index (χ2v) is 10.6. The van der Waals surface area contributed by atoms with Crippen LogP contribution < -0.4 is 0 Å². The van der Waals surface area contributed by atoms with Crippen LogP contribution in [0.1, 0.15) is 30.7 Å². The molecule has 0 spiro atoms. The first kappa shape index (κ1) is 21.8. The van der Waals surface area contributed by atoms with Gasteiger partial charge in [-0.2, -0.15) is 0 Å². The Kier molecular flexibility index (Phi) is 6.03. The molecule has 0 aliphatic carbocycles. The molecule has 1 atom stereocenters. The van der Waals surface area contributed by atoms with Crippen LogP contribution in [0.2, 0.25) is 5.15 Å². The second-order valence-electron chi connectivity index (χ2n) is 8.18. The summed E-state index contributed by atoms with van der Waals surface area (Å²) in [5.74, 6) is 0.340. The normalized spacial score (nSPS) is 19.2. The van der Waals surface area contributed by atoms with Crippen molar-refractivity contribution in [3.8, 4) is 11.1 Å². The first-order valence-corrected chi connectivity index (χ1v) is 12.4. The van der Waals surface area contributed by atoms with Gasteiger partial charge in [0.2, 0.25) is 5.91 Å². The summed E-state index contributed by atoms with van der Waals surface area (Å²) in [6.07, 6.45) is 4.14. The number of nitrogens with zero attached hydrogens (tertiary/aromatic N) is 2. The second kappa shape index (κ2) is 8.59. The van der Waals surface area contributed by atoms with Crippen LogP contribution in [0.4, 0.5) is 0 Å². The van der Waals surface area contributed by atoms with Crippen LogP contribution in [0.15, 0.2) is 41.4 Å². The molecule has 1 aromatic heterocycles. The number of esters is 1. The first-order chi connectivity index (χ1) is 14.7. The molecule has 31 heavy (non-hydrogen) atoms. The highest BCUT2D eigenvalue weighted by Crippen LogP contribution is 2.32. The summed E-state index contributed by atoms with van der Waals surface area (Å²) in [6.45, 7) is 1.75. The Morgan fingerprint density at radius 1 is 1.26 bits per heavy atom. The van der Waals surface area contributed by atoms with Gasteiger partial charge in [-0.25, -0.2) is 13.4 Å². The Bertz CT molecular complexity index is 1110. The predicted molar refractivity (Wildman–Crippen MR) is 115 cm³/mol. The molecule has 2 fully saturated rings. The van der Waals surface area contributed by atoms with Gasteiger partial charge in [0.25, 0.3) is 0 Å². The van der Waals surface area contributed by atoms with Crippen LogP contribution in [0, 0.1) is 5.92 Å². The molecule has 2 aliphatic rings. The molecule has 1 amide bonds. The van der Waals surface area contributed by atoms with E-state index in [-0.39, 0.29) is 33.8 Å². The highest BCUT2D eigenvalue weighted by atomic mass is 35.5. The standard InChI is InChI=1S/C22H23ClN2O5S/c1-31(28,29)19-9-20(23)24-10-18(19)16-5-3-15(4-6-16)17-11-25(12-17)21(26)7-2-14-8-22(27)30-13-14/h3-6,9-10,14,17H,2,7-8,11-13H2,1H3/t14-/m0/s1. The Morgan fingerprint density at radius 2 is 1.97 bits per heavy atom. The number of carbonyl (C=O) groups excluding carboxylic acids is 2. The fourth-order valence-electron chi connectivity index (χ4n) is 4.00. The summed E-state index contributed by atoms with van der Waals surface area (Å²) in [6, 6.07) is 9.03. The fraction of sp³-hybridized carbons (Fsp3) is 0.409. The summed E-state index contributed by atoms with van der Waals surface area (Å²) in [5, 5.41) is 0.132. The van der Waals surface area contributed by atoms with E-state index in [1.54, 1.807) is 0 Å². The quantitative estimate of drug-likeness (QED) is 0.483. The number of likely N-dealkylation sites (tertiary alicyclic amines) is 1. The number of cyclic esters (lactones) is 1. The van der Waals surface area contributed by atoms with E-state index in [0.717, 1.165) is 17.4 Å². The van der Waals surface area contributed by atoms with Crippen LogP contribution in [0.25, 0.3) is 11.1 Å². The maximum absolute atomic E-state index is 12.4. The number of ether oxygens (including phenoxy) is 1. The van der Waals surface area contributed by atoms with E-state index < -0.39 is 9.84 Å². The largest absolute Gasteiger partial charge is 0.465 e. The highest BCUT2D eigenvalue weighted by molar-refractivity contribution is 7.90. The van der Waals surface area contributed by atoms with Gasteiger partial charge in [0.15, 0.2) is 9.84 Å². The van der Waals surface area contributed by atoms with Crippen molar-refractivity contribution in [2.24, 2.45) is 5.92 Å². The van der Waals surface area contributed by atoms with Gasteiger partial charge in [0, 0.05) is 49.4 Å². The third-order valence-corrected chi connectivity index (χ3v) is 7.20. The smallest absolute Gasteiger partial charge is 0.306 e. The molecule has 0 unspecified atom stereocenters. The maximum Gasteiger partial charge on any atom is 0.306 e. The van der Waals surface area contributed by atoms with E-state index in [2.05, 4.69) is 4.98 Å². The topological polar surface area (TPSA) is 93.6 Å². The van der Waals surface area contributed by atoms with Crippen LogP contribution in [-0.2, 0) is 24.2 Å². The van der Waals surface area contributed by atoms with Crippen molar-refractivity contribution in [2.75, 3.05) is 26.0 Å². The van der Waals surface area contributed by atoms with Crippen molar-refractivity contribution >= 4 is 33.3 Å². The molecule has 1 aromatic carbocycles. The average molecular weight is 463 g/mol.